The summed E-state index contributed by atoms with van der Waals surface area (Å²) in [5.74, 6) is 0.226. The molecule has 0 saturated carbocycles. The van der Waals surface area contributed by atoms with Crippen LogP contribution in [0.4, 0.5) is 8.78 Å². The molecule has 0 radical (unpaired) electrons. The van der Waals surface area contributed by atoms with Gasteiger partial charge in [0, 0.05) is 24.4 Å². The molecule has 5 heteroatoms. The molecule has 0 fully saturated rings. The number of likely N-dealkylation sites (N-methyl/N-ethyl adjacent to an activating group) is 1. The van der Waals surface area contributed by atoms with Crippen LogP contribution in [0.5, 0.6) is 5.88 Å². The van der Waals surface area contributed by atoms with E-state index in [4.69, 9.17) is 4.74 Å². The average molecular weight is 230 g/mol. The van der Waals surface area contributed by atoms with Gasteiger partial charge < -0.3 is 9.64 Å². The van der Waals surface area contributed by atoms with Crippen LogP contribution < -0.4 is 4.74 Å². The van der Waals surface area contributed by atoms with Gasteiger partial charge in [0.1, 0.15) is 0 Å². The third kappa shape index (κ3) is 3.41. The van der Waals surface area contributed by atoms with Crippen molar-refractivity contribution in [2.24, 2.45) is 0 Å². The van der Waals surface area contributed by atoms with Gasteiger partial charge in [-0.1, -0.05) is 0 Å². The number of rotatable bonds is 5. The number of hydrogen-bond donors (Lipinski definition) is 0. The van der Waals surface area contributed by atoms with E-state index < -0.39 is 6.43 Å². The maximum atomic E-state index is 12.8. The Hall–Kier alpha value is -1.23. The van der Waals surface area contributed by atoms with E-state index in [0.29, 0.717) is 18.5 Å². The summed E-state index contributed by atoms with van der Waals surface area (Å²) in [5, 5.41) is 0. The largest absolute Gasteiger partial charge is 0.481 e. The van der Waals surface area contributed by atoms with Gasteiger partial charge in [-0.3, -0.25) is 0 Å². The van der Waals surface area contributed by atoms with Crippen LogP contribution in [0.25, 0.3) is 0 Å². The average Bonchev–Trinajstić information content (AvgIpc) is 2.25. The first-order chi connectivity index (χ1) is 7.54. The molecule has 3 nitrogen and oxygen atoms in total. The lowest BCUT2D eigenvalue weighted by molar-refractivity contribution is 0.149. The highest BCUT2D eigenvalue weighted by Crippen LogP contribution is 2.25. The number of methoxy groups -OCH3 is 1. The van der Waals surface area contributed by atoms with Crippen LogP contribution in [0.2, 0.25) is 0 Å². The van der Waals surface area contributed by atoms with E-state index in [1.54, 1.807) is 0 Å². The van der Waals surface area contributed by atoms with Gasteiger partial charge in [0.05, 0.1) is 7.11 Å². The zero-order valence-electron chi connectivity index (χ0n) is 9.70. The Morgan fingerprint density at radius 1 is 1.44 bits per heavy atom. The molecule has 0 aliphatic heterocycles. The number of nitrogens with zero attached hydrogens (tertiary/aromatic N) is 2. The minimum absolute atomic E-state index is 0.00806. The second-order valence-corrected chi connectivity index (χ2v) is 3.78. The van der Waals surface area contributed by atoms with Crippen molar-refractivity contribution in [2.75, 3.05) is 27.7 Å². The molecule has 1 rings (SSSR count). The third-order valence-electron chi connectivity index (χ3n) is 2.27. The maximum Gasteiger partial charge on any atom is 0.264 e. The Morgan fingerprint density at radius 3 is 2.62 bits per heavy atom. The highest BCUT2D eigenvalue weighted by molar-refractivity contribution is 5.30. The maximum absolute atomic E-state index is 12.8. The van der Waals surface area contributed by atoms with Gasteiger partial charge >= 0.3 is 0 Å². The molecular weight excluding hydrogens is 214 g/mol. The van der Waals surface area contributed by atoms with Crippen LogP contribution in [0.3, 0.4) is 0 Å². The first-order valence-corrected chi connectivity index (χ1v) is 5.00. The second-order valence-electron chi connectivity index (χ2n) is 3.78. The molecule has 0 aliphatic rings. The zero-order chi connectivity index (χ0) is 12.1. The summed E-state index contributed by atoms with van der Waals surface area (Å²) < 4.78 is 30.4. The molecule has 0 unspecified atom stereocenters. The van der Waals surface area contributed by atoms with E-state index >= 15 is 0 Å². The fourth-order valence-electron chi connectivity index (χ4n) is 1.35. The first kappa shape index (κ1) is 12.8. The molecular formula is C11H16F2N2O. The Balaban J connectivity index is 2.89. The lowest BCUT2D eigenvalue weighted by Crippen LogP contribution is -2.16. The molecule has 0 N–H and O–H groups in total. The second kappa shape index (κ2) is 5.75. The van der Waals surface area contributed by atoms with Crippen molar-refractivity contribution in [3.05, 3.63) is 23.4 Å². The SMILES string of the molecule is COc1cc(C(F)F)c(CCN(C)C)cn1. The topological polar surface area (TPSA) is 25.4 Å². The molecule has 0 spiro atoms. The summed E-state index contributed by atoms with van der Waals surface area (Å²) >= 11 is 0. The van der Waals surface area contributed by atoms with E-state index in [2.05, 4.69) is 4.98 Å². The van der Waals surface area contributed by atoms with Crippen LogP contribution in [-0.2, 0) is 6.42 Å². The number of halogens is 2. The normalized spacial score (nSPS) is 11.2. The van der Waals surface area contributed by atoms with Gasteiger partial charge in [0.15, 0.2) is 0 Å². The van der Waals surface area contributed by atoms with Crippen molar-refractivity contribution in [2.45, 2.75) is 12.8 Å². The van der Waals surface area contributed by atoms with Crippen molar-refractivity contribution in [3.8, 4) is 5.88 Å². The fraction of sp³-hybridized carbons (Fsp3) is 0.545. The van der Waals surface area contributed by atoms with Crippen molar-refractivity contribution in [1.29, 1.82) is 0 Å². The predicted octanol–water partition coefficient (Wildman–Crippen LogP) is 2.13. The predicted molar refractivity (Wildman–Crippen MR) is 58.0 cm³/mol. The Bertz CT molecular complexity index is 343. The van der Waals surface area contributed by atoms with Crippen molar-refractivity contribution < 1.29 is 13.5 Å². The van der Waals surface area contributed by atoms with E-state index in [9.17, 15) is 8.78 Å². The smallest absolute Gasteiger partial charge is 0.264 e. The fourth-order valence-corrected chi connectivity index (χ4v) is 1.35. The summed E-state index contributed by atoms with van der Waals surface area (Å²) in [7, 11) is 5.22. The Labute approximate surface area is 94.0 Å². The van der Waals surface area contributed by atoms with Gasteiger partial charge in [-0.2, -0.15) is 0 Å². The summed E-state index contributed by atoms with van der Waals surface area (Å²) in [4.78, 5) is 5.89. The summed E-state index contributed by atoms with van der Waals surface area (Å²) in [6, 6.07) is 1.30. The van der Waals surface area contributed by atoms with Gasteiger partial charge in [-0.15, -0.1) is 0 Å². The lowest BCUT2D eigenvalue weighted by atomic mass is 10.1. The zero-order valence-corrected chi connectivity index (χ0v) is 9.70. The van der Waals surface area contributed by atoms with Crippen LogP contribution in [0, 0.1) is 0 Å². The highest BCUT2D eigenvalue weighted by atomic mass is 19.3. The minimum Gasteiger partial charge on any atom is -0.481 e. The monoisotopic (exact) mass is 230 g/mol. The molecule has 0 atom stereocenters. The number of alkyl halides is 2. The summed E-state index contributed by atoms with van der Waals surface area (Å²) in [5.41, 5.74) is 0.582. The van der Waals surface area contributed by atoms with E-state index in [-0.39, 0.29) is 11.4 Å². The molecule has 1 aromatic heterocycles. The van der Waals surface area contributed by atoms with Crippen LogP contribution >= 0.6 is 0 Å². The van der Waals surface area contributed by atoms with Gasteiger partial charge in [-0.25, -0.2) is 13.8 Å². The van der Waals surface area contributed by atoms with Gasteiger partial charge in [0.25, 0.3) is 6.43 Å². The first-order valence-electron chi connectivity index (χ1n) is 5.00. The van der Waals surface area contributed by atoms with E-state index in [0.717, 1.165) is 0 Å². The molecule has 0 aliphatic carbocycles. The van der Waals surface area contributed by atoms with E-state index in [1.165, 1.54) is 19.4 Å². The number of pyridine rings is 1. The van der Waals surface area contributed by atoms with Crippen molar-refractivity contribution in [3.63, 3.8) is 0 Å². The molecule has 0 saturated heterocycles. The van der Waals surface area contributed by atoms with Crippen LogP contribution in [0.15, 0.2) is 12.3 Å². The molecule has 1 heterocycles. The third-order valence-corrected chi connectivity index (χ3v) is 2.27. The molecule has 90 valence electrons. The van der Waals surface area contributed by atoms with E-state index in [1.807, 2.05) is 19.0 Å². The molecule has 0 amide bonds. The van der Waals surface area contributed by atoms with Gasteiger partial charge in [-0.05, 0) is 26.1 Å². The van der Waals surface area contributed by atoms with Gasteiger partial charge in [0.2, 0.25) is 5.88 Å². The minimum atomic E-state index is -2.49. The van der Waals surface area contributed by atoms with Crippen LogP contribution in [-0.4, -0.2) is 37.6 Å². The standard InChI is InChI=1S/C11H16F2N2O/c1-15(2)5-4-8-7-14-10(16-3)6-9(8)11(12)13/h6-7,11H,4-5H2,1-3H3. The van der Waals surface area contributed by atoms with Crippen molar-refractivity contribution >= 4 is 0 Å². The quantitative estimate of drug-likeness (QED) is 0.774. The molecule has 0 aromatic carbocycles. The summed E-state index contributed by atoms with van der Waals surface area (Å²) in [6.45, 7) is 0.716. The molecule has 16 heavy (non-hydrogen) atoms. The molecule has 1 aromatic rings. The molecule has 0 bridgehead atoms. The number of hydrogen-bond acceptors (Lipinski definition) is 3. The number of aromatic nitrogens is 1. The lowest BCUT2D eigenvalue weighted by Gasteiger charge is -2.13. The summed E-state index contributed by atoms with van der Waals surface area (Å²) in [6.07, 6.45) is -0.470. The number of ether oxygens (including phenoxy) is 1. The highest BCUT2D eigenvalue weighted by Gasteiger charge is 2.14. The Morgan fingerprint density at radius 2 is 2.12 bits per heavy atom. The van der Waals surface area contributed by atoms with Crippen LogP contribution in [0.1, 0.15) is 17.6 Å². The Kier molecular flexibility index (Phi) is 4.61. The van der Waals surface area contributed by atoms with Crippen molar-refractivity contribution in [1.82, 2.24) is 9.88 Å².